The first-order valence-electron chi connectivity index (χ1n) is 6.67. The Balaban J connectivity index is 1.77. The highest BCUT2D eigenvalue weighted by Gasteiger charge is 2.27. The predicted molar refractivity (Wildman–Crippen MR) is 76.0 cm³/mol. The Kier molecular flexibility index (Phi) is 4.10. The lowest BCUT2D eigenvalue weighted by atomic mass is 10.3. The zero-order chi connectivity index (χ0) is 13.2. The van der Waals surface area contributed by atoms with E-state index in [0.717, 1.165) is 26.1 Å². The predicted octanol–water partition coefficient (Wildman–Crippen LogP) is 2.39. The second-order valence-electron chi connectivity index (χ2n) is 4.90. The van der Waals surface area contributed by atoms with Crippen LogP contribution in [0.15, 0.2) is 5.16 Å². The molecule has 0 N–H and O–H groups in total. The van der Waals surface area contributed by atoms with Crippen molar-refractivity contribution in [3.8, 4) is 0 Å². The largest absolute Gasteiger partial charge is 0.377 e. The molecule has 0 saturated carbocycles. The number of thioether (sulfide) groups is 1. The molecule has 2 aliphatic heterocycles. The van der Waals surface area contributed by atoms with Crippen LogP contribution < -0.4 is 4.90 Å². The molecule has 1 aromatic rings. The van der Waals surface area contributed by atoms with Crippen LogP contribution in [-0.2, 0) is 4.74 Å². The summed E-state index contributed by atoms with van der Waals surface area (Å²) in [5.74, 6) is 0.714. The van der Waals surface area contributed by atoms with Crippen molar-refractivity contribution in [3.63, 3.8) is 0 Å². The Bertz CT molecular complexity index is 455. The third kappa shape index (κ3) is 3.12. The van der Waals surface area contributed by atoms with Crippen molar-refractivity contribution >= 4 is 29.3 Å². The highest BCUT2D eigenvalue weighted by molar-refractivity contribution is 7.99. The standard InChI is InChI=1S/C12H17ClN4OS/c1-8-9(4-7-18-8)19-12-15-10(13)14-11(16-12)17-5-2-3-6-17/h8-9H,2-7H2,1H3. The van der Waals surface area contributed by atoms with E-state index in [4.69, 9.17) is 16.3 Å². The molecule has 7 heteroatoms. The Morgan fingerprint density at radius 2 is 2.05 bits per heavy atom. The van der Waals surface area contributed by atoms with Gasteiger partial charge in [-0.15, -0.1) is 0 Å². The van der Waals surface area contributed by atoms with Gasteiger partial charge in [-0.2, -0.15) is 15.0 Å². The molecule has 0 aromatic carbocycles. The SMILES string of the molecule is CC1OCCC1Sc1nc(Cl)nc(N2CCCC2)n1. The molecule has 0 aliphatic carbocycles. The average molecular weight is 301 g/mol. The van der Waals surface area contributed by atoms with E-state index in [1.807, 2.05) is 0 Å². The molecule has 0 radical (unpaired) electrons. The van der Waals surface area contributed by atoms with Crippen molar-refractivity contribution in [1.29, 1.82) is 0 Å². The fourth-order valence-corrected chi connectivity index (χ4v) is 3.67. The van der Waals surface area contributed by atoms with Gasteiger partial charge >= 0.3 is 0 Å². The van der Waals surface area contributed by atoms with E-state index in [1.54, 1.807) is 11.8 Å². The maximum atomic E-state index is 6.02. The van der Waals surface area contributed by atoms with Crippen LogP contribution in [0.25, 0.3) is 0 Å². The van der Waals surface area contributed by atoms with Crippen LogP contribution in [0.1, 0.15) is 26.2 Å². The highest BCUT2D eigenvalue weighted by Crippen LogP contribution is 2.31. The Labute approximate surface area is 122 Å². The Hall–Kier alpha value is -0.590. The van der Waals surface area contributed by atoms with Gasteiger partial charge in [0.2, 0.25) is 11.2 Å². The number of nitrogens with zero attached hydrogens (tertiary/aromatic N) is 4. The van der Waals surface area contributed by atoms with Crippen LogP contribution >= 0.6 is 23.4 Å². The molecule has 3 rings (SSSR count). The first-order chi connectivity index (χ1) is 9.22. The molecule has 2 aliphatic rings. The number of anilines is 1. The minimum atomic E-state index is 0.246. The molecular formula is C12H17ClN4OS. The zero-order valence-electron chi connectivity index (χ0n) is 10.9. The van der Waals surface area contributed by atoms with Gasteiger partial charge in [0.05, 0.1) is 6.10 Å². The number of aromatic nitrogens is 3. The molecule has 3 heterocycles. The van der Waals surface area contributed by atoms with Crippen molar-refractivity contribution < 1.29 is 4.74 Å². The van der Waals surface area contributed by atoms with Gasteiger partial charge in [0.1, 0.15) is 0 Å². The van der Waals surface area contributed by atoms with E-state index in [2.05, 4.69) is 26.8 Å². The van der Waals surface area contributed by atoms with E-state index >= 15 is 0 Å². The molecule has 0 spiro atoms. The number of rotatable bonds is 3. The van der Waals surface area contributed by atoms with E-state index in [0.29, 0.717) is 16.4 Å². The number of hydrogen-bond acceptors (Lipinski definition) is 6. The average Bonchev–Trinajstić information content (AvgIpc) is 3.01. The lowest BCUT2D eigenvalue weighted by Gasteiger charge is -2.17. The number of hydrogen-bond donors (Lipinski definition) is 0. The van der Waals surface area contributed by atoms with Crippen LogP contribution in [0.4, 0.5) is 5.95 Å². The van der Waals surface area contributed by atoms with Crippen molar-refractivity contribution in [2.24, 2.45) is 0 Å². The van der Waals surface area contributed by atoms with Crippen LogP contribution in [0.3, 0.4) is 0 Å². The molecule has 1 aromatic heterocycles. The summed E-state index contributed by atoms with van der Waals surface area (Å²) in [6.45, 7) is 4.92. The van der Waals surface area contributed by atoms with Gasteiger partial charge in [0.25, 0.3) is 0 Å². The van der Waals surface area contributed by atoms with E-state index < -0.39 is 0 Å². The third-order valence-electron chi connectivity index (χ3n) is 3.53. The van der Waals surface area contributed by atoms with Crippen LogP contribution in [0.2, 0.25) is 5.28 Å². The quantitative estimate of drug-likeness (QED) is 0.854. The summed E-state index contributed by atoms with van der Waals surface area (Å²) in [7, 11) is 0. The zero-order valence-corrected chi connectivity index (χ0v) is 12.5. The molecule has 2 atom stereocenters. The number of ether oxygens (including phenoxy) is 1. The maximum Gasteiger partial charge on any atom is 0.230 e. The van der Waals surface area contributed by atoms with E-state index in [1.165, 1.54) is 12.8 Å². The van der Waals surface area contributed by atoms with Gasteiger partial charge in [-0.05, 0) is 37.8 Å². The molecule has 0 amide bonds. The Morgan fingerprint density at radius 1 is 1.26 bits per heavy atom. The first kappa shape index (κ1) is 13.4. The normalized spacial score (nSPS) is 27.2. The smallest absolute Gasteiger partial charge is 0.230 e. The lowest BCUT2D eigenvalue weighted by Crippen LogP contribution is -2.21. The van der Waals surface area contributed by atoms with Gasteiger partial charge in [0, 0.05) is 24.9 Å². The molecule has 104 valence electrons. The second kappa shape index (κ2) is 5.81. The maximum absolute atomic E-state index is 6.02. The fourth-order valence-electron chi connectivity index (χ4n) is 2.44. The van der Waals surface area contributed by atoms with Crippen LogP contribution in [-0.4, -0.2) is 46.0 Å². The molecule has 2 saturated heterocycles. The molecule has 2 unspecified atom stereocenters. The summed E-state index contributed by atoms with van der Waals surface area (Å²) in [6.07, 6.45) is 3.67. The Morgan fingerprint density at radius 3 is 2.74 bits per heavy atom. The van der Waals surface area contributed by atoms with Crippen LogP contribution in [0.5, 0.6) is 0 Å². The number of halogens is 1. The van der Waals surface area contributed by atoms with Gasteiger partial charge in [-0.3, -0.25) is 0 Å². The summed E-state index contributed by atoms with van der Waals surface area (Å²) in [4.78, 5) is 15.2. The van der Waals surface area contributed by atoms with Gasteiger partial charge < -0.3 is 9.64 Å². The van der Waals surface area contributed by atoms with E-state index in [9.17, 15) is 0 Å². The minimum absolute atomic E-state index is 0.246. The van der Waals surface area contributed by atoms with Gasteiger partial charge in [-0.25, -0.2) is 0 Å². The van der Waals surface area contributed by atoms with Crippen molar-refractivity contribution in [2.75, 3.05) is 24.6 Å². The van der Waals surface area contributed by atoms with Gasteiger partial charge in [-0.1, -0.05) is 11.8 Å². The molecule has 5 nitrogen and oxygen atoms in total. The molecule has 0 bridgehead atoms. The monoisotopic (exact) mass is 300 g/mol. The topological polar surface area (TPSA) is 51.1 Å². The fraction of sp³-hybridized carbons (Fsp3) is 0.750. The van der Waals surface area contributed by atoms with Crippen molar-refractivity contribution in [2.45, 2.75) is 42.7 Å². The van der Waals surface area contributed by atoms with Crippen LogP contribution in [0, 0.1) is 0 Å². The molecular weight excluding hydrogens is 284 g/mol. The second-order valence-corrected chi connectivity index (χ2v) is 6.45. The minimum Gasteiger partial charge on any atom is -0.377 e. The van der Waals surface area contributed by atoms with Crippen molar-refractivity contribution in [3.05, 3.63) is 5.28 Å². The summed E-state index contributed by atoms with van der Waals surface area (Å²) in [5, 5.41) is 1.40. The van der Waals surface area contributed by atoms with Gasteiger partial charge in [0.15, 0.2) is 5.16 Å². The summed E-state index contributed by atoms with van der Waals surface area (Å²) in [6, 6.07) is 0. The first-order valence-corrected chi connectivity index (χ1v) is 7.93. The molecule has 19 heavy (non-hydrogen) atoms. The third-order valence-corrected chi connectivity index (χ3v) is 5.01. The summed E-state index contributed by atoms with van der Waals surface area (Å²) in [5.41, 5.74) is 0. The highest BCUT2D eigenvalue weighted by atomic mass is 35.5. The lowest BCUT2D eigenvalue weighted by molar-refractivity contribution is 0.127. The van der Waals surface area contributed by atoms with E-state index in [-0.39, 0.29) is 11.4 Å². The van der Waals surface area contributed by atoms with Crippen molar-refractivity contribution in [1.82, 2.24) is 15.0 Å². The molecule has 2 fully saturated rings. The summed E-state index contributed by atoms with van der Waals surface area (Å²) >= 11 is 7.66. The summed E-state index contributed by atoms with van der Waals surface area (Å²) < 4.78 is 5.56.